The first-order chi connectivity index (χ1) is 13.3. The molecule has 0 bridgehead atoms. The Morgan fingerprint density at radius 1 is 0.778 bits per heavy atom. The quantitative estimate of drug-likeness (QED) is 0.625. The Balaban J connectivity index is 1.31. The molecule has 2 aliphatic rings. The van der Waals surface area contributed by atoms with Crippen LogP contribution in [0.25, 0.3) is 0 Å². The van der Waals surface area contributed by atoms with Gasteiger partial charge in [0.1, 0.15) is 6.10 Å². The minimum Gasteiger partial charge on any atom is -0.459 e. The Morgan fingerprint density at radius 2 is 1.44 bits per heavy atom. The van der Waals surface area contributed by atoms with Gasteiger partial charge in [0.15, 0.2) is 0 Å². The van der Waals surface area contributed by atoms with Crippen molar-refractivity contribution in [3.05, 3.63) is 70.3 Å². The number of benzene rings is 2. The molecule has 0 amide bonds. The third-order valence-electron chi connectivity index (χ3n) is 6.13. The standard InChI is InChI=1S/C25H30O2/c26-25(27-24-8-2-1-3-9-24)22-16-12-19(13-17-22)10-11-20-14-15-21-6-4-5-7-23(21)18-20/h12-18,24H,1-11H2. The van der Waals surface area contributed by atoms with Crippen molar-refractivity contribution in [1.82, 2.24) is 0 Å². The zero-order chi connectivity index (χ0) is 18.5. The van der Waals surface area contributed by atoms with Gasteiger partial charge in [0.25, 0.3) is 0 Å². The molecule has 2 heteroatoms. The van der Waals surface area contributed by atoms with E-state index in [0.29, 0.717) is 5.56 Å². The molecule has 2 aromatic carbocycles. The molecule has 4 rings (SSSR count). The summed E-state index contributed by atoms with van der Waals surface area (Å²) in [6, 6.07) is 15.0. The Bertz CT molecular complexity index is 769. The number of carbonyl (C=O) groups excluding carboxylic acids is 1. The van der Waals surface area contributed by atoms with Gasteiger partial charge in [-0.15, -0.1) is 0 Å². The number of aryl methyl sites for hydroxylation is 4. The Morgan fingerprint density at radius 3 is 2.22 bits per heavy atom. The number of fused-ring (bicyclic) bond motifs is 1. The van der Waals surface area contributed by atoms with E-state index in [1.165, 1.54) is 56.1 Å². The number of rotatable bonds is 5. The van der Waals surface area contributed by atoms with Crippen LogP contribution in [-0.4, -0.2) is 12.1 Å². The van der Waals surface area contributed by atoms with Crippen LogP contribution in [0.3, 0.4) is 0 Å². The Kier molecular flexibility index (Phi) is 5.91. The minimum atomic E-state index is -0.164. The van der Waals surface area contributed by atoms with Gasteiger partial charge >= 0.3 is 5.97 Å². The molecule has 27 heavy (non-hydrogen) atoms. The molecule has 0 unspecified atom stereocenters. The van der Waals surface area contributed by atoms with Crippen LogP contribution < -0.4 is 0 Å². The van der Waals surface area contributed by atoms with Crippen LogP contribution >= 0.6 is 0 Å². The second-order valence-electron chi connectivity index (χ2n) is 8.17. The summed E-state index contributed by atoms with van der Waals surface area (Å²) in [6.07, 6.45) is 13.0. The number of hydrogen-bond acceptors (Lipinski definition) is 2. The van der Waals surface area contributed by atoms with Crippen LogP contribution in [0.15, 0.2) is 42.5 Å². The fourth-order valence-electron chi connectivity index (χ4n) is 4.44. The Hall–Kier alpha value is -2.09. The lowest BCUT2D eigenvalue weighted by molar-refractivity contribution is 0.0211. The van der Waals surface area contributed by atoms with Crippen molar-refractivity contribution in [1.29, 1.82) is 0 Å². The van der Waals surface area contributed by atoms with Crippen molar-refractivity contribution < 1.29 is 9.53 Å². The maximum Gasteiger partial charge on any atom is 0.338 e. The molecule has 2 nitrogen and oxygen atoms in total. The minimum absolute atomic E-state index is 0.120. The number of esters is 1. The average molecular weight is 363 g/mol. The molecule has 0 aliphatic heterocycles. The summed E-state index contributed by atoms with van der Waals surface area (Å²) in [4.78, 5) is 12.3. The molecule has 0 spiro atoms. The molecule has 1 saturated carbocycles. The predicted octanol–water partition coefficient (Wildman–Crippen LogP) is 5.84. The van der Waals surface area contributed by atoms with E-state index in [0.717, 1.165) is 25.7 Å². The van der Waals surface area contributed by atoms with E-state index in [1.54, 1.807) is 11.1 Å². The zero-order valence-corrected chi connectivity index (χ0v) is 16.2. The van der Waals surface area contributed by atoms with Crippen LogP contribution in [0.2, 0.25) is 0 Å². The third-order valence-corrected chi connectivity index (χ3v) is 6.13. The maximum atomic E-state index is 12.3. The lowest BCUT2D eigenvalue weighted by Crippen LogP contribution is -2.20. The monoisotopic (exact) mass is 362 g/mol. The molecule has 142 valence electrons. The van der Waals surface area contributed by atoms with Crippen LogP contribution in [0.4, 0.5) is 0 Å². The summed E-state index contributed by atoms with van der Waals surface area (Å²) < 4.78 is 5.66. The first-order valence-electron chi connectivity index (χ1n) is 10.7. The first kappa shape index (κ1) is 18.3. The molecule has 0 atom stereocenters. The summed E-state index contributed by atoms with van der Waals surface area (Å²) in [5, 5.41) is 0. The fraction of sp³-hybridized carbons (Fsp3) is 0.480. The van der Waals surface area contributed by atoms with Gasteiger partial charge in [0, 0.05) is 0 Å². The van der Waals surface area contributed by atoms with E-state index in [9.17, 15) is 4.79 Å². The van der Waals surface area contributed by atoms with Gasteiger partial charge in [-0.2, -0.15) is 0 Å². The second-order valence-corrected chi connectivity index (χ2v) is 8.17. The topological polar surface area (TPSA) is 26.3 Å². The van der Waals surface area contributed by atoms with E-state index in [-0.39, 0.29) is 12.1 Å². The molecule has 0 radical (unpaired) electrons. The fourth-order valence-corrected chi connectivity index (χ4v) is 4.44. The van der Waals surface area contributed by atoms with Gasteiger partial charge in [-0.1, -0.05) is 36.8 Å². The van der Waals surface area contributed by atoms with Crippen LogP contribution in [0, 0.1) is 0 Å². The molecule has 0 aromatic heterocycles. The van der Waals surface area contributed by atoms with Gasteiger partial charge in [-0.05, 0) is 98.6 Å². The van der Waals surface area contributed by atoms with Gasteiger partial charge in [0.2, 0.25) is 0 Å². The van der Waals surface area contributed by atoms with Gasteiger partial charge in [-0.25, -0.2) is 4.79 Å². The molecule has 2 aromatic rings. The van der Waals surface area contributed by atoms with E-state index < -0.39 is 0 Å². The van der Waals surface area contributed by atoms with Crippen LogP contribution in [0.5, 0.6) is 0 Å². The molecule has 1 fully saturated rings. The highest BCUT2D eigenvalue weighted by Crippen LogP contribution is 2.23. The number of carbonyl (C=O) groups is 1. The van der Waals surface area contributed by atoms with Crippen molar-refractivity contribution in [2.45, 2.75) is 76.7 Å². The molecular weight excluding hydrogens is 332 g/mol. The molecule has 2 aliphatic carbocycles. The van der Waals surface area contributed by atoms with Gasteiger partial charge in [0.05, 0.1) is 5.56 Å². The number of hydrogen-bond donors (Lipinski definition) is 0. The Labute approximate surface area is 162 Å². The van der Waals surface area contributed by atoms with Crippen LogP contribution in [-0.2, 0) is 30.4 Å². The van der Waals surface area contributed by atoms with E-state index in [4.69, 9.17) is 4.74 Å². The summed E-state index contributed by atoms with van der Waals surface area (Å²) in [6.45, 7) is 0. The maximum absolute atomic E-state index is 12.3. The van der Waals surface area contributed by atoms with E-state index in [2.05, 4.69) is 30.3 Å². The summed E-state index contributed by atoms with van der Waals surface area (Å²) >= 11 is 0. The first-order valence-corrected chi connectivity index (χ1v) is 10.7. The third kappa shape index (κ3) is 4.80. The van der Waals surface area contributed by atoms with Crippen molar-refractivity contribution in [2.24, 2.45) is 0 Å². The van der Waals surface area contributed by atoms with Crippen LogP contribution in [0.1, 0.15) is 77.6 Å². The normalized spacial score (nSPS) is 17.3. The highest BCUT2D eigenvalue weighted by Gasteiger charge is 2.18. The SMILES string of the molecule is O=C(OC1CCCCC1)c1ccc(CCc2ccc3c(c2)CCCC3)cc1. The molecule has 0 heterocycles. The number of ether oxygens (including phenoxy) is 1. The largest absolute Gasteiger partial charge is 0.459 e. The molecule has 0 N–H and O–H groups in total. The summed E-state index contributed by atoms with van der Waals surface area (Å²) in [5.74, 6) is -0.164. The van der Waals surface area contributed by atoms with Gasteiger partial charge < -0.3 is 4.74 Å². The van der Waals surface area contributed by atoms with Gasteiger partial charge in [-0.3, -0.25) is 0 Å². The van der Waals surface area contributed by atoms with Crippen molar-refractivity contribution in [2.75, 3.05) is 0 Å². The lowest BCUT2D eigenvalue weighted by Gasteiger charge is -2.21. The summed E-state index contributed by atoms with van der Waals surface area (Å²) in [7, 11) is 0. The molecule has 0 saturated heterocycles. The van der Waals surface area contributed by atoms with E-state index in [1.807, 2.05) is 12.1 Å². The lowest BCUT2D eigenvalue weighted by atomic mass is 9.89. The summed E-state index contributed by atoms with van der Waals surface area (Å²) in [5.41, 5.74) is 6.49. The highest BCUT2D eigenvalue weighted by molar-refractivity contribution is 5.89. The highest BCUT2D eigenvalue weighted by atomic mass is 16.5. The second kappa shape index (κ2) is 8.73. The van der Waals surface area contributed by atoms with Crippen molar-refractivity contribution in [3.8, 4) is 0 Å². The zero-order valence-electron chi connectivity index (χ0n) is 16.2. The smallest absolute Gasteiger partial charge is 0.338 e. The predicted molar refractivity (Wildman–Crippen MR) is 109 cm³/mol. The van der Waals surface area contributed by atoms with Crippen molar-refractivity contribution in [3.63, 3.8) is 0 Å². The van der Waals surface area contributed by atoms with Crippen molar-refractivity contribution >= 4 is 5.97 Å². The molecular formula is C25H30O2. The van der Waals surface area contributed by atoms with E-state index >= 15 is 0 Å². The average Bonchev–Trinajstić information content (AvgIpc) is 2.73.